The van der Waals surface area contributed by atoms with Gasteiger partial charge in [0, 0.05) is 6.04 Å². The van der Waals surface area contributed by atoms with Gasteiger partial charge in [-0.25, -0.2) is 4.98 Å². The zero-order valence-corrected chi connectivity index (χ0v) is 10.8. The number of carbonyl (C=O) groups excluding carboxylic acids is 1. The van der Waals surface area contributed by atoms with E-state index in [1.165, 1.54) is 0 Å². The fourth-order valence-electron chi connectivity index (χ4n) is 2.11. The SMILES string of the molecule is CC[C@H]1C(=O)Nc2cnc(Cl)nc2N1C(C)C. The molecule has 2 rings (SSSR count). The van der Waals surface area contributed by atoms with Crippen LogP contribution in [-0.2, 0) is 4.79 Å². The smallest absolute Gasteiger partial charge is 0.247 e. The Kier molecular flexibility index (Phi) is 3.19. The van der Waals surface area contributed by atoms with Gasteiger partial charge in [0.05, 0.1) is 6.20 Å². The van der Waals surface area contributed by atoms with Crippen LogP contribution in [-0.4, -0.2) is 28.0 Å². The number of nitrogens with zero attached hydrogens (tertiary/aromatic N) is 3. The molecule has 1 amide bonds. The number of rotatable bonds is 2. The molecule has 2 heterocycles. The van der Waals surface area contributed by atoms with Gasteiger partial charge in [0.25, 0.3) is 0 Å². The van der Waals surface area contributed by atoms with Crippen molar-refractivity contribution >= 4 is 29.0 Å². The standard InChI is InChI=1S/C11H15ClN4O/c1-4-8-10(17)14-7-5-13-11(12)15-9(7)16(8)6(2)3/h5-6,8H,4H2,1-3H3,(H,14,17)/t8-/m0/s1. The first kappa shape index (κ1) is 12.1. The third-order valence-electron chi connectivity index (χ3n) is 2.82. The molecule has 1 N–H and O–H groups in total. The molecule has 0 bridgehead atoms. The quantitative estimate of drug-likeness (QED) is 0.821. The monoisotopic (exact) mass is 254 g/mol. The molecule has 0 aromatic carbocycles. The summed E-state index contributed by atoms with van der Waals surface area (Å²) in [6, 6.07) is -0.0239. The van der Waals surface area contributed by atoms with Gasteiger partial charge < -0.3 is 10.2 Å². The van der Waals surface area contributed by atoms with Gasteiger partial charge >= 0.3 is 0 Å². The maximum atomic E-state index is 11.9. The zero-order chi connectivity index (χ0) is 12.6. The Bertz CT molecular complexity index is 449. The molecule has 92 valence electrons. The minimum atomic E-state index is -0.200. The molecule has 1 aliphatic heterocycles. The van der Waals surface area contributed by atoms with E-state index in [1.54, 1.807) is 6.20 Å². The maximum absolute atomic E-state index is 11.9. The van der Waals surface area contributed by atoms with Gasteiger partial charge in [-0.15, -0.1) is 0 Å². The fourth-order valence-corrected chi connectivity index (χ4v) is 2.24. The summed E-state index contributed by atoms with van der Waals surface area (Å²) in [7, 11) is 0. The van der Waals surface area contributed by atoms with Crippen molar-refractivity contribution in [2.45, 2.75) is 39.3 Å². The average molecular weight is 255 g/mol. The van der Waals surface area contributed by atoms with Gasteiger partial charge in [0.2, 0.25) is 11.2 Å². The summed E-state index contributed by atoms with van der Waals surface area (Å²) >= 11 is 5.81. The Morgan fingerprint density at radius 2 is 2.29 bits per heavy atom. The molecule has 0 fully saturated rings. The molecular weight excluding hydrogens is 240 g/mol. The number of hydrogen-bond donors (Lipinski definition) is 1. The number of halogens is 1. The lowest BCUT2D eigenvalue weighted by molar-refractivity contribution is -0.117. The van der Waals surface area contributed by atoms with Crippen molar-refractivity contribution in [3.05, 3.63) is 11.5 Å². The molecule has 0 radical (unpaired) electrons. The molecular formula is C11H15ClN4O. The summed E-state index contributed by atoms with van der Waals surface area (Å²) in [5.41, 5.74) is 0.623. The Morgan fingerprint density at radius 1 is 1.59 bits per heavy atom. The highest BCUT2D eigenvalue weighted by molar-refractivity contribution is 6.28. The van der Waals surface area contributed by atoms with Gasteiger partial charge in [-0.1, -0.05) is 6.92 Å². The molecule has 0 saturated heterocycles. The Morgan fingerprint density at radius 3 is 2.88 bits per heavy atom. The highest BCUT2D eigenvalue weighted by atomic mass is 35.5. The lowest BCUT2D eigenvalue weighted by Crippen LogP contribution is -2.51. The Hall–Kier alpha value is -1.36. The largest absolute Gasteiger partial charge is 0.340 e. The molecule has 6 heteroatoms. The lowest BCUT2D eigenvalue weighted by atomic mass is 10.1. The van der Waals surface area contributed by atoms with E-state index in [-0.39, 0.29) is 23.3 Å². The van der Waals surface area contributed by atoms with Crippen LogP contribution in [0.15, 0.2) is 6.20 Å². The molecule has 0 aliphatic carbocycles. The molecule has 1 aromatic rings. The molecule has 0 spiro atoms. The van der Waals surface area contributed by atoms with E-state index >= 15 is 0 Å². The first-order chi connectivity index (χ1) is 8.04. The number of aromatic nitrogens is 2. The number of carbonyl (C=O) groups is 1. The van der Waals surface area contributed by atoms with E-state index in [2.05, 4.69) is 15.3 Å². The molecule has 1 aliphatic rings. The molecule has 1 aromatic heterocycles. The molecule has 17 heavy (non-hydrogen) atoms. The Balaban J connectivity index is 2.52. The topological polar surface area (TPSA) is 58.1 Å². The van der Waals surface area contributed by atoms with Gasteiger partial charge in [-0.3, -0.25) is 4.79 Å². The molecule has 0 unspecified atom stereocenters. The van der Waals surface area contributed by atoms with Crippen molar-refractivity contribution in [3.63, 3.8) is 0 Å². The average Bonchev–Trinajstić information content (AvgIpc) is 2.27. The van der Waals surface area contributed by atoms with E-state index in [9.17, 15) is 4.79 Å². The van der Waals surface area contributed by atoms with Crippen LogP contribution in [0.1, 0.15) is 27.2 Å². The van der Waals surface area contributed by atoms with Gasteiger partial charge in [-0.2, -0.15) is 4.98 Å². The number of hydrogen-bond acceptors (Lipinski definition) is 4. The van der Waals surface area contributed by atoms with Crippen LogP contribution in [0.3, 0.4) is 0 Å². The molecule has 0 saturated carbocycles. The van der Waals surface area contributed by atoms with Crippen molar-refractivity contribution < 1.29 is 4.79 Å². The summed E-state index contributed by atoms with van der Waals surface area (Å²) in [5.74, 6) is 0.686. The van der Waals surface area contributed by atoms with E-state index in [1.807, 2.05) is 25.7 Å². The summed E-state index contributed by atoms with van der Waals surface area (Å²) in [4.78, 5) is 22.0. The highest BCUT2D eigenvalue weighted by Crippen LogP contribution is 2.32. The zero-order valence-electron chi connectivity index (χ0n) is 10.1. The van der Waals surface area contributed by atoms with Gasteiger partial charge in [0.15, 0.2) is 5.82 Å². The summed E-state index contributed by atoms with van der Waals surface area (Å²) in [5, 5.41) is 3.00. The van der Waals surface area contributed by atoms with Crippen LogP contribution in [0.2, 0.25) is 5.28 Å². The second kappa shape index (κ2) is 4.49. The van der Waals surface area contributed by atoms with Crippen molar-refractivity contribution in [1.29, 1.82) is 0 Å². The van der Waals surface area contributed by atoms with Crippen LogP contribution in [0.5, 0.6) is 0 Å². The van der Waals surface area contributed by atoms with Crippen LogP contribution < -0.4 is 10.2 Å². The van der Waals surface area contributed by atoms with Crippen LogP contribution >= 0.6 is 11.6 Å². The number of nitrogens with one attached hydrogen (secondary N) is 1. The highest BCUT2D eigenvalue weighted by Gasteiger charge is 2.34. The van der Waals surface area contributed by atoms with Gasteiger partial charge in [-0.05, 0) is 31.9 Å². The van der Waals surface area contributed by atoms with Crippen molar-refractivity contribution in [1.82, 2.24) is 9.97 Å². The van der Waals surface area contributed by atoms with Crippen molar-refractivity contribution in [3.8, 4) is 0 Å². The van der Waals surface area contributed by atoms with Gasteiger partial charge in [0.1, 0.15) is 11.7 Å². The molecule has 1 atom stereocenters. The number of fused-ring (bicyclic) bond motifs is 1. The summed E-state index contributed by atoms with van der Waals surface area (Å²) in [6.07, 6.45) is 2.27. The van der Waals surface area contributed by atoms with E-state index in [4.69, 9.17) is 11.6 Å². The second-order valence-electron chi connectivity index (χ2n) is 4.29. The summed E-state index contributed by atoms with van der Waals surface area (Å²) < 4.78 is 0. The van der Waals surface area contributed by atoms with E-state index < -0.39 is 0 Å². The van der Waals surface area contributed by atoms with E-state index in [0.29, 0.717) is 11.5 Å². The lowest BCUT2D eigenvalue weighted by Gasteiger charge is -2.39. The third kappa shape index (κ3) is 2.07. The fraction of sp³-hybridized carbons (Fsp3) is 0.545. The Labute approximate surface area is 105 Å². The van der Waals surface area contributed by atoms with Crippen LogP contribution in [0, 0.1) is 0 Å². The minimum absolute atomic E-state index is 0.0142. The summed E-state index contributed by atoms with van der Waals surface area (Å²) in [6.45, 7) is 6.04. The van der Waals surface area contributed by atoms with Crippen LogP contribution in [0.4, 0.5) is 11.5 Å². The molecule has 5 nitrogen and oxygen atoms in total. The number of amides is 1. The normalized spacial score (nSPS) is 19.2. The predicted octanol–water partition coefficient (Wildman–Crippen LogP) is 2.08. The predicted molar refractivity (Wildman–Crippen MR) is 67.4 cm³/mol. The number of anilines is 2. The van der Waals surface area contributed by atoms with Crippen molar-refractivity contribution in [2.75, 3.05) is 10.2 Å². The third-order valence-corrected chi connectivity index (χ3v) is 3.01. The van der Waals surface area contributed by atoms with Crippen molar-refractivity contribution in [2.24, 2.45) is 0 Å². The van der Waals surface area contributed by atoms with Crippen LogP contribution in [0.25, 0.3) is 0 Å². The maximum Gasteiger partial charge on any atom is 0.247 e. The first-order valence-electron chi connectivity index (χ1n) is 5.66. The first-order valence-corrected chi connectivity index (χ1v) is 6.04. The second-order valence-corrected chi connectivity index (χ2v) is 4.63. The van der Waals surface area contributed by atoms with E-state index in [0.717, 1.165) is 6.42 Å². The minimum Gasteiger partial charge on any atom is -0.340 e.